The number of halogens is 4. The lowest BCUT2D eigenvalue weighted by atomic mass is 10.1. The second-order valence-electron chi connectivity index (χ2n) is 3.12. The molecule has 0 unspecified atom stereocenters. The Balaban J connectivity index is 3.22. The summed E-state index contributed by atoms with van der Waals surface area (Å²) in [7, 11) is 1.23. The molecule has 0 amide bonds. The number of nitrogens with zero attached hydrogens (tertiary/aromatic N) is 2. The minimum atomic E-state index is -4.85. The fraction of sp³-hybridized carbons (Fsp3) is 0.400. The predicted molar refractivity (Wildman–Crippen MR) is 56.3 cm³/mol. The summed E-state index contributed by atoms with van der Waals surface area (Å²) in [6.45, 7) is 0. The zero-order valence-corrected chi connectivity index (χ0v) is 9.97. The number of hydrogen-bond acceptors (Lipinski definition) is 4. The number of methoxy groups -OCH3 is 1. The van der Waals surface area contributed by atoms with Gasteiger partial charge in [-0.05, 0) is 5.56 Å². The summed E-state index contributed by atoms with van der Waals surface area (Å²) in [5.74, 6) is -0.852. The molecule has 0 aliphatic heterocycles. The van der Waals surface area contributed by atoms with Gasteiger partial charge in [0, 0.05) is 17.5 Å². The summed E-state index contributed by atoms with van der Waals surface area (Å²) in [6.07, 6.45) is -4.91. The van der Waals surface area contributed by atoms with Crippen LogP contribution in [0.2, 0.25) is 0 Å². The molecule has 18 heavy (non-hydrogen) atoms. The van der Waals surface area contributed by atoms with Crippen LogP contribution < -0.4 is 9.47 Å². The van der Waals surface area contributed by atoms with Crippen LogP contribution in [-0.4, -0.2) is 18.5 Å². The summed E-state index contributed by atoms with van der Waals surface area (Å²) in [5.41, 5.74) is 0.661. The van der Waals surface area contributed by atoms with Crippen LogP contribution in [0.3, 0.4) is 0 Å². The predicted octanol–water partition coefficient (Wildman–Crippen LogP) is 2.79. The molecule has 1 heterocycles. The van der Waals surface area contributed by atoms with Gasteiger partial charge in [0.25, 0.3) is 0 Å². The Hall–Kier alpha value is -1.68. The maximum Gasteiger partial charge on any atom is 0.574 e. The standard InChI is InChI=1S/C10H8ClF3N2O2/c1-17-9-7(2-3-15)6(5-11)4-8(16-9)18-10(12,13)14/h4H,2,5H2,1H3. The molecule has 98 valence electrons. The van der Waals surface area contributed by atoms with E-state index in [2.05, 4.69) is 9.72 Å². The van der Waals surface area contributed by atoms with Gasteiger partial charge < -0.3 is 9.47 Å². The van der Waals surface area contributed by atoms with Gasteiger partial charge in [-0.2, -0.15) is 10.2 Å². The second-order valence-corrected chi connectivity index (χ2v) is 3.39. The SMILES string of the molecule is COc1nc(OC(F)(F)F)cc(CCl)c1CC#N. The lowest BCUT2D eigenvalue weighted by Gasteiger charge is -2.13. The first kappa shape index (κ1) is 14.4. The Kier molecular flexibility index (Phi) is 4.62. The fourth-order valence-corrected chi connectivity index (χ4v) is 1.54. The van der Waals surface area contributed by atoms with Crippen molar-refractivity contribution in [1.29, 1.82) is 5.26 Å². The van der Waals surface area contributed by atoms with E-state index in [1.807, 2.05) is 6.07 Å². The molecular weight excluding hydrogens is 273 g/mol. The number of nitriles is 1. The van der Waals surface area contributed by atoms with Crippen LogP contribution in [0.15, 0.2) is 6.07 Å². The molecule has 0 aliphatic carbocycles. The summed E-state index contributed by atoms with van der Waals surface area (Å²) in [4.78, 5) is 3.53. The van der Waals surface area contributed by atoms with E-state index >= 15 is 0 Å². The second kappa shape index (κ2) is 5.78. The summed E-state index contributed by atoms with van der Waals surface area (Å²) in [6, 6.07) is 2.90. The monoisotopic (exact) mass is 280 g/mol. The van der Waals surface area contributed by atoms with Gasteiger partial charge in [0.15, 0.2) is 0 Å². The smallest absolute Gasteiger partial charge is 0.481 e. The van der Waals surface area contributed by atoms with E-state index in [-0.39, 0.29) is 18.2 Å². The zero-order valence-electron chi connectivity index (χ0n) is 9.21. The van der Waals surface area contributed by atoms with E-state index in [0.717, 1.165) is 6.07 Å². The van der Waals surface area contributed by atoms with Gasteiger partial charge >= 0.3 is 6.36 Å². The van der Waals surface area contributed by atoms with E-state index in [9.17, 15) is 13.2 Å². The van der Waals surface area contributed by atoms with Gasteiger partial charge in [-0.1, -0.05) is 0 Å². The minimum Gasteiger partial charge on any atom is -0.481 e. The Morgan fingerprint density at radius 3 is 2.61 bits per heavy atom. The lowest BCUT2D eigenvalue weighted by Crippen LogP contribution is -2.18. The molecule has 8 heteroatoms. The van der Waals surface area contributed by atoms with E-state index in [1.165, 1.54) is 7.11 Å². The lowest BCUT2D eigenvalue weighted by molar-refractivity contribution is -0.276. The Labute approximate surface area is 106 Å². The van der Waals surface area contributed by atoms with Crippen molar-refractivity contribution in [3.63, 3.8) is 0 Å². The Morgan fingerprint density at radius 2 is 2.17 bits per heavy atom. The highest BCUT2D eigenvalue weighted by molar-refractivity contribution is 6.17. The van der Waals surface area contributed by atoms with Crippen molar-refractivity contribution in [3.05, 3.63) is 17.2 Å². The number of hydrogen-bond donors (Lipinski definition) is 0. The van der Waals surface area contributed by atoms with E-state index in [1.54, 1.807) is 0 Å². The van der Waals surface area contributed by atoms with Crippen molar-refractivity contribution in [1.82, 2.24) is 4.98 Å². The molecule has 0 saturated heterocycles. The molecule has 0 saturated carbocycles. The van der Waals surface area contributed by atoms with E-state index < -0.39 is 12.2 Å². The Morgan fingerprint density at radius 1 is 1.50 bits per heavy atom. The summed E-state index contributed by atoms with van der Waals surface area (Å²) in [5, 5.41) is 8.63. The fourth-order valence-electron chi connectivity index (χ4n) is 1.30. The summed E-state index contributed by atoms with van der Waals surface area (Å²) < 4.78 is 44.7. The van der Waals surface area contributed by atoms with Crippen molar-refractivity contribution in [2.24, 2.45) is 0 Å². The van der Waals surface area contributed by atoms with Crippen LogP contribution in [0.25, 0.3) is 0 Å². The number of rotatable bonds is 4. The number of alkyl halides is 4. The first-order valence-corrected chi connectivity index (χ1v) is 5.20. The van der Waals surface area contributed by atoms with Crippen molar-refractivity contribution >= 4 is 11.6 Å². The zero-order chi connectivity index (χ0) is 13.8. The molecule has 0 spiro atoms. The molecule has 0 radical (unpaired) electrons. The topological polar surface area (TPSA) is 55.1 Å². The molecule has 0 atom stereocenters. The minimum absolute atomic E-state index is 0.0650. The third kappa shape index (κ3) is 3.67. The van der Waals surface area contributed by atoms with Crippen molar-refractivity contribution < 1.29 is 22.6 Å². The van der Waals surface area contributed by atoms with Gasteiger partial charge in [-0.15, -0.1) is 24.8 Å². The largest absolute Gasteiger partial charge is 0.574 e. The van der Waals surface area contributed by atoms with E-state index in [4.69, 9.17) is 21.6 Å². The number of aromatic nitrogens is 1. The molecule has 0 N–H and O–H groups in total. The van der Waals surface area contributed by atoms with Crippen molar-refractivity contribution in [2.75, 3.05) is 7.11 Å². The molecule has 1 aromatic heterocycles. The van der Waals surface area contributed by atoms with Crippen LogP contribution in [0, 0.1) is 11.3 Å². The molecule has 0 aliphatic rings. The number of ether oxygens (including phenoxy) is 2. The average Bonchev–Trinajstić information content (AvgIpc) is 2.28. The van der Waals surface area contributed by atoms with Crippen LogP contribution >= 0.6 is 11.6 Å². The van der Waals surface area contributed by atoms with Gasteiger partial charge in [-0.25, -0.2) is 0 Å². The molecular formula is C10H8ClF3N2O2. The Bertz CT molecular complexity index is 446. The molecule has 0 aromatic carbocycles. The number of pyridine rings is 1. The van der Waals surface area contributed by atoms with Crippen molar-refractivity contribution in [3.8, 4) is 17.8 Å². The van der Waals surface area contributed by atoms with Gasteiger partial charge in [0.2, 0.25) is 11.8 Å². The van der Waals surface area contributed by atoms with Crippen LogP contribution in [0.1, 0.15) is 11.1 Å². The molecule has 4 nitrogen and oxygen atoms in total. The van der Waals surface area contributed by atoms with Crippen molar-refractivity contribution in [2.45, 2.75) is 18.7 Å². The van der Waals surface area contributed by atoms with Crippen LogP contribution in [0.4, 0.5) is 13.2 Å². The third-order valence-electron chi connectivity index (χ3n) is 1.97. The normalized spacial score (nSPS) is 10.9. The molecule has 1 rings (SSSR count). The first-order chi connectivity index (χ1) is 8.41. The average molecular weight is 281 g/mol. The van der Waals surface area contributed by atoms with Crippen LogP contribution in [0.5, 0.6) is 11.8 Å². The van der Waals surface area contributed by atoms with E-state index in [0.29, 0.717) is 11.1 Å². The molecule has 1 aromatic rings. The maximum atomic E-state index is 12.1. The van der Waals surface area contributed by atoms with Crippen LogP contribution in [-0.2, 0) is 12.3 Å². The first-order valence-electron chi connectivity index (χ1n) is 4.66. The maximum absolute atomic E-state index is 12.1. The summed E-state index contributed by atoms with van der Waals surface area (Å²) >= 11 is 5.61. The van der Waals surface area contributed by atoms with Gasteiger partial charge in [0.1, 0.15) is 0 Å². The molecule has 0 fully saturated rings. The third-order valence-corrected chi connectivity index (χ3v) is 2.26. The van der Waals surface area contributed by atoms with Gasteiger partial charge in [0.05, 0.1) is 19.6 Å². The van der Waals surface area contributed by atoms with Gasteiger partial charge in [-0.3, -0.25) is 0 Å². The highest BCUT2D eigenvalue weighted by Gasteiger charge is 2.32. The highest BCUT2D eigenvalue weighted by atomic mass is 35.5. The highest BCUT2D eigenvalue weighted by Crippen LogP contribution is 2.29. The quantitative estimate of drug-likeness (QED) is 0.796. The molecule has 0 bridgehead atoms.